The van der Waals surface area contributed by atoms with Crippen LogP contribution in [0, 0.1) is 0 Å². The molecule has 0 spiro atoms. The van der Waals surface area contributed by atoms with Crippen LogP contribution in [0.3, 0.4) is 0 Å². The molecule has 0 saturated carbocycles. The van der Waals surface area contributed by atoms with Crippen molar-refractivity contribution in [3.05, 3.63) is 53.6 Å². The van der Waals surface area contributed by atoms with Gasteiger partial charge in [0.1, 0.15) is 0 Å². The molecule has 0 heterocycles. The van der Waals surface area contributed by atoms with Gasteiger partial charge in [-0.3, -0.25) is 0 Å². The molecule has 2 rings (SSSR count). The van der Waals surface area contributed by atoms with Crippen molar-refractivity contribution < 1.29 is 8.42 Å². The summed E-state index contributed by atoms with van der Waals surface area (Å²) in [7, 11) is 1.57. The second-order valence-corrected chi connectivity index (χ2v) is 6.47. The Morgan fingerprint density at radius 1 is 0.882 bits per heavy atom. The Labute approximate surface area is 109 Å². The molecule has 2 aromatic carbocycles. The van der Waals surface area contributed by atoms with Crippen LogP contribution in [0.5, 0.6) is 0 Å². The van der Waals surface area contributed by atoms with Gasteiger partial charge in [-0.15, -0.1) is 0 Å². The molecule has 0 aromatic heterocycles. The molecule has 5 heteroatoms. The molecular weight excluding hydrogens is 279 g/mol. The van der Waals surface area contributed by atoms with Crippen molar-refractivity contribution in [1.29, 1.82) is 0 Å². The molecule has 0 amide bonds. The quantitative estimate of drug-likeness (QED) is 0.784. The Bertz CT molecular complexity index is 634. The number of hydrogen-bond donors (Lipinski definition) is 0. The van der Waals surface area contributed by atoms with Crippen molar-refractivity contribution in [3.63, 3.8) is 0 Å². The molecule has 0 aliphatic heterocycles. The SMILES string of the molecule is O=S(=O)(Cl)c1ccc(-c2cccc(Cl)c2)cc1. The van der Waals surface area contributed by atoms with Crippen LogP contribution in [-0.2, 0) is 9.05 Å². The van der Waals surface area contributed by atoms with Gasteiger partial charge in [-0.2, -0.15) is 0 Å². The van der Waals surface area contributed by atoms with E-state index in [9.17, 15) is 8.42 Å². The standard InChI is InChI=1S/C12H8Cl2O2S/c13-11-3-1-2-10(8-11)9-4-6-12(7-5-9)17(14,15)16/h1-8H. The Morgan fingerprint density at radius 3 is 2.06 bits per heavy atom. The average Bonchev–Trinajstić information content (AvgIpc) is 2.28. The Morgan fingerprint density at radius 2 is 1.53 bits per heavy atom. The smallest absolute Gasteiger partial charge is 0.207 e. The second-order valence-electron chi connectivity index (χ2n) is 3.47. The lowest BCUT2D eigenvalue weighted by atomic mass is 10.1. The van der Waals surface area contributed by atoms with Gasteiger partial charge in [0.2, 0.25) is 0 Å². The van der Waals surface area contributed by atoms with Crippen molar-refractivity contribution in [3.8, 4) is 11.1 Å². The van der Waals surface area contributed by atoms with Crippen molar-refractivity contribution in [2.45, 2.75) is 4.90 Å². The van der Waals surface area contributed by atoms with Gasteiger partial charge in [0.15, 0.2) is 0 Å². The fraction of sp³-hybridized carbons (Fsp3) is 0. The van der Waals surface area contributed by atoms with Crippen molar-refractivity contribution >= 4 is 31.3 Å². The minimum atomic E-state index is -3.66. The molecule has 0 aliphatic rings. The molecule has 0 fully saturated rings. The third kappa shape index (κ3) is 3.00. The van der Waals surface area contributed by atoms with Crippen LogP contribution in [0.2, 0.25) is 5.02 Å². The highest BCUT2D eigenvalue weighted by atomic mass is 35.7. The predicted molar refractivity (Wildman–Crippen MR) is 69.9 cm³/mol. The summed E-state index contributed by atoms with van der Waals surface area (Å²) in [6, 6.07) is 13.7. The second kappa shape index (κ2) is 4.69. The van der Waals surface area contributed by atoms with Crippen molar-refractivity contribution in [2.75, 3.05) is 0 Å². The molecule has 17 heavy (non-hydrogen) atoms. The number of hydrogen-bond acceptors (Lipinski definition) is 2. The van der Waals surface area contributed by atoms with E-state index >= 15 is 0 Å². The van der Waals surface area contributed by atoms with Gasteiger partial charge in [0.05, 0.1) is 4.90 Å². The van der Waals surface area contributed by atoms with E-state index in [-0.39, 0.29) is 4.90 Å². The summed E-state index contributed by atoms with van der Waals surface area (Å²) in [6.45, 7) is 0. The molecular formula is C12H8Cl2O2S. The fourth-order valence-electron chi connectivity index (χ4n) is 1.48. The molecule has 0 N–H and O–H groups in total. The van der Waals surface area contributed by atoms with Gasteiger partial charge in [-0.25, -0.2) is 8.42 Å². The van der Waals surface area contributed by atoms with E-state index in [4.69, 9.17) is 22.3 Å². The van der Waals surface area contributed by atoms with Crippen LogP contribution < -0.4 is 0 Å². The molecule has 0 saturated heterocycles. The van der Waals surface area contributed by atoms with Gasteiger partial charge in [0, 0.05) is 15.7 Å². The third-order valence-electron chi connectivity index (χ3n) is 2.29. The summed E-state index contributed by atoms with van der Waals surface area (Å²) in [5.41, 5.74) is 1.81. The zero-order chi connectivity index (χ0) is 12.5. The maximum atomic E-state index is 11.1. The number of rotatable bonds is 2. The van der Waals surface area contributed by atoms with E-state index < -0.39 is 9.05 Å². The zero-order valence-electron chi connectivity index (χ0n) is 8.60. The van der Waals surface area contributed by atoms with Gasteiger partial charge < -0.3 is 0 Å². The maximum absolute atomic E-state index is 11.1. The van der Waals surface area contributed by atoms with Crippen molar-refractivity contribution in [2.24, 2.45) is 0 Å². The van der Waals surface area contributed by atoms with Crippen LogP contribution in [0.1, 0.15) is 0 Å². The lowest BCUT2D eigenvalue weighted by molar-refractivity contribution is 0.609. The molecule has 2 nitrogen and oxygen atoms in total. The average molecular weight is 287 g/mol. The van der Waals surface area contributed by atoms with Gasteiger partial charge >= 0.3 is 0 Å². The first-order valence-corrected chi connectivity index (χ1v) is 7.46. The van der Waals surface area contributed by atoms with E-state index in [0.29, 0.717) is 5.02 Å². The zero-order valence-corrected chi connectivity index (χ0v) is 10.9. The molecule has 0 aliphatic carbocycles. The van der Waals surface area contributed by atoms with Crippen LogP contribution in [0.15, 0.2) is 53.4 Å². The minimum Gasteiger partial charge on any atom is -0.207 e. The highest BCUT2D eigenvalue weighted by Gasteiger charge is 2.09. The summed E-state index contributed by atoms with van der Waals surface area (Å²) in [5, 5.41) is 0.636. The van der Waals surface area contributed by atoms with Crippen LogP contribution in [0.25, 0.3) is 11.1 Å². The van der Waals surface area contributed by atoms with E-state index in [2.05, 4.69) is 0 Å². The molecule has 0 bridgehead atoms. The fourth-order valence-corrected chi connectivity index (χ4v) is 2.44. The summed E-state index contributed by atoms with van der Waals surface area (Å²) < 4.78 is 22.2. The maximum Gasteiger partial charge on any atom is 0.261 e. The van der Waals surface area contributed by atoms with Crippen molar-refractivity contribution in [1.82, 2.24) is 0 Å². The number of benzene rings is 2. The summed E-state index contributed by atoms with van der Waals surface area (Å²) >= 11 is 5.88. The Balaban J connectivity index is 2.43. The summed E-state index contributed by atoms with van der Waals surface area (Å²) in [5.74, 6) is 0. The molecule has 2 aromatic rings. The van der Waals surface area contributed by atoms with Gasteiger partial charge in [0.25, 0.3) is 9.05 Å². The van der Waals surface area contributed by atoms with E-state index in [0.717, 1.165) is 11.1 Å². The predicted octanol–water partition coefficient (Wildman–Crippen LogP) is 3.93. The van der Waals surface area contributed by atoms with Crippen LogP contribution >= 0.6 is 22.3 Å². The molecule has 88 valence electrons. The summed E-state index contributed by atoms with van der Waals surface area (Å²) in [6.07, 6.45) is 0. The highest BCUT2D eigenvalue weighted by Crippen LogP contribution is 2.24. The van der Waals surface area contributed by atoms with E-state index in [1.807, 2.05) is 18.2 Å². The number of halogens is 2. The molecule has 0 radical (unpaired) electrons. The minimum absolute atomic E-state index is 0.0879. The first-order chi connectivity index (χ1) is 7.97. The molecule has 0 atom stereocenters. The lowest BCUT2D eigenvalue weighted by Crippen LogP contribution is -1.89. The van der Waals surface area contributed by atoms with Crippen LogP contribution in [-0.4, -0.2) is 8.42 Å². The monoisotopic (exact) mass is 286 g/mol. The van der Waals surface area contributed by atoms with Gasteiger partial charge in [-0.1, -0.05) is 35.9 Å². The Kier molecular flexibility index (Phi) is 3.43. The molecule has 0 unspecified atom stereocenters. The topological polar surface area (TPSA) is 34.1 Å². The van der Waals surface area contributed by atoms with Crippen LogP contribution in [0.4, 0.5) is 0 Å². The van der Waals surface area contributed by atoms with Gasteiger partial charge in [-0.05, 0) is 35.4 Å². The normalized spacial score (nSPS) is 11.4. The van der Waals surface area contributed by atoms with E-state index in [1.54, 1.807) is 18.2 Å². The summed E-state index contributed by atoms with van der Waals surface area (Å²) in [4.78, 5) is 0.0879. The highest BCUT2D eigenvalue weighted by molar-refractivity contribution is 8.13. The Hall–Kier alpha value is -1.03. The third-order valence-corrected chi connectivity index (χ3v) is 3.90. The first kappa shape index (κ1) is 12.4. The lowest BCUT2D eigenvalue weighted by Gasteiger charge is -2.03. The first-order valence-electron chi connectivity index (χ1n) is 4.77. The van der Waals surface area contributed by atoms with E-state index in [1.165, 1.54) is 12.1 Å². The largest absolute Gasteiger partial charge is 0.261 e.